The first kappa shape index (κ1) is 20.8. The van der Waals surface area contributed by atoms with Crippen LogP contribution in [0.1, 0.15) is 24.1 Å². The van der Waals surface area contributed by atoms with Crippen LogP contribution < -0.4 is 16.0 Å². The Balaban J connectivity index is 2.10. The van der Waals surface area contributed by atoms with Gasteiger partial charge in [0.05, 0.1) is 6.04 Å². The third-order valence-corrected chi connectivity index (χ3v) is 5.79. The van der Waals surface area contributed by atoms with E-state index in [-0.39, 0.29) is 12.1 Å². The molecule has 0 bridgehead atoms. The lowest BCUT2D eigenvalue weighted by molar-refractivity contribution is -0.121. The molecule has 0 aliphatic carbocycles. The minimum atomic E-state index is -4.92. The number of rotatable bonds is 4. The van der Waals surface area contributed by atoms with Crippen molar-refractivity contribution in [3.05, 3.63) is 59.7 Å². The van der Waals surface area contributed by atoms with Gasteiger partial charge in [0.1, 0.15) is 6.04 Å². The van der Waals surface area contributed by atoms with Gasteiger partial charge in [0.15, 0.2) is 10.8 Å². The second-order valence-electron chi connectivity index (χ2n) is 6.57. The quantitative estimate of drug-likeness (QED) is 0.789. The number of carbonyl (C=O) groups is 2. The number of nitrogens with zero attached hydrogens (tertiary/aromatic N) is 1. The van der Waals surface area contributed by atoms with Crippen molar-refractivity contribution < 1.29 is 27.0 Å². The number of nitrogens with one attached hydrogen (secondary N) is 1. The van der Waals surface area contributed by atoms with Crippen molar-refractivity contribution in [1.29, 1.82) is 0 Å². The Morgan fingerprint density at radius 3 is 2.48 bits per heavy atom. The highest BCUT2D eigenvalue weighted by molar-refractivity contribution is 7.86. The van der Waals surface area contributed by atoms with Gasteiger partial charge in [-0.25, -0.2) is 9.00 Å². The number of fused-ring (bicyclic) bond motifs is 1. The highest BCUT2D eigenvalue weighted by Gasteiger charge is 2.40. The molecule has 3 amide bonds. The largest absolute Gasteiger partial charge is 0.475 e. The molecule has 2 aromatic rings. The molecular formula is C19H18F3N3O3S. The molecule has 0 saturated carbocycles. The fourth-order valence-corrected chi connectivity index (χ4v) is 4.03. The van der Waals surface area contributed by atoms with E-state index in [4.69, 9.17) is 5.73 Å². The summed E-state index contributed by atoms with van der Waals surface area (Å²) < 4.78 is 50.6. The van der Waals surface area contributed by atoms with Gasteiger partial charge >= 0.3 is 11.5 Å². The van der Waals surface area contributed by atoms with Crippen LogP contribution >= 0.6 is 0 Å². The Kier molecular flexibility index (Phi) is 5.65. The number of halogens is 3. The van der Waals surface area contributed by atoms with Crippen LogP contribution in [0.5, 0.6) is 0 Å². The number of benzene rings is 2. The summed E-state index contributed by atoms with van der Waals surface area (Å²) in [6.45, 7) is 1.72. The molecule has 2 aromatic carbocycles. The van der Waals surface area contributed by atoms with Crippen LogP contribution in [0.2, 0.25) is 0 Å². The van der Waals surface area contributed by atoms with Crippen LogP contribution in [0.4, 0.5) is 23.7 Å². The van der Waals surface area contributed by atoms with E-state index in [1.807, 2.05) is 0 Å². The smallest absolute Gasteiger partial charge is 0.352 e. The summed E-state index contributed by atoms with van der Waals surface area (Å²) in [5, 5.41) is 2.38. The fourth-order valence-electron chi connectivity index (χ4n) is 3.35. The Labute approximate surface area is 167 Å². The summed E-state index contributed by atoms with van der Waals surface area (Å²) in [4.78, 5) is 25.2. The first-order valence-corrected chi connectivity index (χ1v) is 9.80. The maximum Gasteiger partial charge on any atom is 0.475 e. The summed E-state index contributed by atoms with van der Waals surface area (Å²) in [6.07, 6.45) is 0.0635. The maximum absolute atomic E-state index is 13.1. The first-order valence-electron chi connectivity index (χ1n) is 8.65. The van der Waals surface area contributed by atoms with E-state index in [2.05, 4.69) is 5.32 Å². The highest BCUT2D eigenvalue weighted by atomic mass is 32.2. The highest BCUT2D eigenvalue weighted by Crippen LogP contribution is 2.37. The second-order valence-corrected chi connectivity index (χ2v) is 8.04. The fraction of sp³-hybridized carbons (Fsp3) is 0.263. The maximum atomic E-state index is 13.1. The van der Waals surface area contributed by atoms with Crippen molar-refractivity contribution in [3.63, 3.8) is 0 Å². The molecule has 0 radical (unpaired) electrons. The molecule has 3 rings (SSSR count). The van der Waals surface area contributed by atoms with E-state index < -0.39 is 45.2 Å². The molecule has 0 saturated heterocycles. The Bertz CT molecular complexity index is 966. The zero-order valence-corrected chi connectivity index (χ0v) is 16.1. The molecule has 0 aromatic heterocycles. The SMILES string of the molecule is C[C@@H](c1ccccc1)N1C(=O)[C@H](NC(N)=O)Cc2ccc(S(=O)C(F)(F)F)cc21. The van der Waals surface area contributed by atoms with E-state index in [1.54, 1.807) is 37.3 Å². The molecule has 154 valence electrons. The molecule has 10 heteroatoms. The standard InChI is InChI=1S/C19H18F3N3O3S/c1-11(12-5-3-2-4-6-12)25-16-10-14(29(28)19(20,21)22)8-7-13(16)9-15(17(25)26)24-18(23)27/h2-8,10-11,15H,9H2,1H3,(H3,23,24,27)/t11-,15+,29?/m0/s1. The summed E-state index contributed by atoms with van der Waals surface area (Å²) in [5.74, 6) is -0.511. The number of urea groups is 1. The van der Waals surface area contributed by atoms with Gasteiger partial charge in [-0.05, 0) is 30.2 Å². The van der Waals surface area contributed by atoms with Crippen LogP contribution in [0.25, 0.3) is 0 Å². The Morgan fingerprint density at radius 1 is 1.24 bits per heavy atom. The number of hydrogen-bond acceptors (Lipinski definition) is 3. The zero-order valence-electron chi connectivity index (χ0n) is 15.3. The molecule has 1 unspecified atom stereocenters. The Hall–Kier alpha value is -2.88. The van der Waals surface area contributed by atoms with Crippen LogP contribution in [0.3, 0.4) is 0 Å². The number of carbonyl (C=O) groups excluding carboxylic acids is 2. The average Bonchev–Trinajstić information content (AvgIpc) is 2.67. The van der Waals surface area contributed by atoms with Crippen LogP contribution in [-0.4, -0.2) is 27.7 Å². The lowest BCUT2D eigenvalue weighted by Gasteiger charge is -2.38. The molecule has 6 nitrogen and oxygen atoms in total. The zero-order chi connectivity index (χ0) is 21.3. The van der Waals surface area contributed by atoms with E-state index in [0.717, 1.165) is 17.7 Å². The number of anilines is 1. The number of nitrogens with two attached hydrogens (primary N) is 1. The minimum Gasteiger partial charge on any atom is -0.352 e. The number of alkyl halides is 3. The Morgan fingerprint density at radius 2 is 1.90 bits per heavy atom. The average molecular weight is 425 g/mol. The van der Waals surface area contributed by atoms with Crippen molar-refractivity contribution in [3.8, 4) is 0 Å². The van der Waals surface area contributed by atoms with Gasteiger partial charge < -0.3 is 16.0 Å². The predicted molar refractivity (Wildman–Crippen MR) is 101 cm³/mol. The summed E-state index contributed by atoms with van der Waals surface area (Å²) in [6, 6.07) is 10.1. The van der Waals surface area contributed by atoms with Gasteiger partial charge in [-0.2, -0.15) is 13.2 Å². The van der Waals surface area contributed by atoms with Gasteiger partial charge in [0.2, 0.25) is 0 Å². The van der Waals surface area contributed by atoms with Crippen molar-refractivity contribution >= 4 is 28.4 Å². The van der Waals surface area contributed by atoms with Crippen molar-refractivity contribution in [2.45, 2.75) is 35.8 Å². The monoisotopic (exact) mass is 425 g/mol. The molecule has 1 heterocycles. The minimum absolute atomic E-state index is 0.0635. The predicted octanol–water partition coefficient (Wildman–Crippen LogP) is 3.00. The van der Waals surface area contributed by atoms with Crippen molar-refractivity contribution in [2.24, 2.45) is 5.73 Å². The van der Waals surface area contributed by atoms with Crippen LogP contribution in [0, 0.1) is 0 Å². The summed E-state index contributed by atoms with van der Waals surface area (Å²) in [5.41, 5.74) is 1.75. The van der Waals surface area contributed by atoms with Crippen LogP contribution in [0.15, 0.2) is 53.4 Å². The first-order chi connectivity index (χ1) is 13.6. The van der Waals surface area contributed by atoms with Crippen molar-refractivity contribution in [1.82, 2.24) is 5.32 Å². The molecule has 1 aliphatic heterocycles. The molecule has 3 N–H and O–H groups in total. The van der Waals surface area contributed by atoms with E-state index >= 15 is 0 Å². The number of amides is 3. The summed E-state index contributed by atoms with van der Waals surface area (Å²) >= 11 is 0. The number of primary amides is 1. The third kappa shape index (κ3) is 4.26. The molecule has 3 atom stereocenters. The number of hydrogen-bond donors (Lipinski definition) is 2. The van der Waals surface area contributed by atoms with Gasteiger partial charge in [0.25, 0.3) is 5.91 Å². The molecular weight excluding hydrogens is 407 g/mol. The van der Waals surface area contributed by atoms with E-state index in [0.29, 0.717) is 5.56 Å². The molecule has 1 aliphatic rings. The van der Waals surface area contributed by atoms with Gasteiger partial charge in [0, 0.05) is 17.0 Å². The lowest BCUT2D eigenvalue weighted by atomic mass is 9.94. The lowest BCUT2D eigenvalue weighted by Crippen LogP contribution is -2.54. The van der Waals surface area contributed by atoms with Gasteiger partial charge in [-0.15, -0.1) is 0 Å². The normalized spacial score (nSPS) is 18.7. The van der Waals surface area contributed by atoms with Gasteiger partial charge in [-0.3, -0.25) is 4.79 Å². The molecule has 0 fully saturated rings. The summed E-state index contributed by atoms with van der Waals surface area (Å²) in [7, 11) is -3.23. The van der Waals surface area contributed by atoms with Gasteiger partial charge in [-0.1, -0.05) is 36.4 Å². The molecule has 0 spiro atoms. The topological polar surface area (TPSA) is 92.5 Å². The third-order valence-electron chi connectivity index (χ3n) is 4.69. The van der Waals surface area contributed by atoms with Crippen molar-refractivity contribution in [2.75, 3.05) is 4.90 Å². The molecule has 29 heavy (non-hydrogen) atoms. The second kappa shape index (κ2) is 7.86. The van der Waals surface area contributed by atoms with Crippen LogP contribution in [-0.2, 0) is 22.0 Å². The van der Waals surface area contributed by atoms with E-state index in [9.17, 15) is 27.0 Å². The van der Waals surface area contributed by atoms with E-state index in [1.165, 1.54) is 11.0 Å².